The first-order chi connectivity index (χ1) is 8.86. The molecule has 0 aromatic heterocycles. The van der Waals surface area contributed by atoms with Crippen LogP contribution in [0.15, 0.2) is 12.1 Å². The van der Waals surface area contributed by atoms with Crippen molar-refractivity contribution in [1.29, 1.82) is 0 Å². The van der Waals surface area contributed by atoms with Crippen molar-refractivity contribution in [2.75, 3.05) is 18.0 Å². The van der Waals surface area contributed by atoms with E-state index in [-0.39, 0.29) is 12.2 Å². The fourth-order valence-electron chi connectivity index (χ4n) is 1.90. The highest BCUT2D eigenvalue weighted by Gasteiger charge is 2.21. The number of hydrogen-bond donors (Lipinski definition) is 1. The first-order valence-electron chi connectivity index (χ1n) is 6.09. The van der Waals surface area contributed by atoms with Gasteiger partial charge in [-0.1, -0.05) is 6.92 Å². The van der Waals surface area contributed by atoms with Crippen LogP contribution in [0.2, 0.25) is 0 Å². The van der Waals surface area contributed by atoms with Crippen LogP contribution in [-0.2, 0) is 4.79 Å². The summed E-state index contributed by atoms with van der Waals surface area (Å²) in [6.07, 6.45) is 0.720. The Balaban J connectivity index is 3.30. The van der Waals surface area contributed by atoms with Crippen LogP contribution in [0, 0.1) is 24.0 Å². The lowest BCUT2D eigenvalue weighted by molar-refractivity contribution is -0.384. The monoisotopic (exact) mass is 266 g/mol. The van der Waals surface area contributed by atoms with Gasteiger partial charge < -0.3 is 10.0 Å². The second kappa shape index (κ2) is 6.17. The third kappa shape index (κ3) is 3.67. The molecule has 0 atom stereocenters. The van der Waals surface area contributed by atoms with Crippen LogP contribution < -0.4 is 4.90 Å². The van der Waals surface area contributed by atoms with E-state index in [4.69, 9.17) is 5.11 Å². The van der Waals surface area contributed by atoms with E-state index in [0.717, 1.165) is 17.5 Å². The van der Waals surface area contributed by atoms with Gasteiger partial charge in [0.15, 0.2) is 0 Å². The number of rotatable bonds is 6. The van der Waals surface area contributed by atoms with Crippen LogP contribution in [0.4, 0.5) is 11.4 Å². The molecule has 0 saturated heterocycles. The van der Waals surface area contributed by atoms with Gasteiger partial charge in [-0.2, -0.15) is 0 Å². The van der Waals surface area contributed by atoms with Gasteiger partial charge in [0.1, 0.15) is 12.2 Å². The van der Waals surface area contributed by atoms with Crippen molar-refractivity contribution < 1.29 is 14.8 Å². The summed E-state index contributed by atoms with van der Waals surface area (Å²) in [5.41, 5.74) is 2.06. The van der Waals surface area contributed by atoms with Crippen LogP contribution >= 0.6 is 0 Å². The van der Waals surface area contributed by atoms with E-state index in [2.05, 4.69) is 0 Å². The van der Waals surface area contributed by atoms with Crippen LogP contribution in [0.1, 0.15) is 24.5 Å². The Morgan fingerprint density at radius 1 is 1.37 bits per heavy atom. The summed E-state index contributed by atoms with van der Waals surface area (Å²) in [5.74, 6) is -0.999. The largest absolute Gasteiger partial charge is 0.480 e. The maximum Gasteiger partial charge on any atom is 0.323 e. The number of anilines is 1. The van der Waals surface area contributed by atoms with Crippen LogP contribution in [-0.4, -0.2) is 29.1 Å². The molecule has 0 unspecified atom stereocenters. The number of carboxylic acids is 1. The molecular weight excluding hydrogens is 248 g/mol. The highest BCUT2D eigenvalue weighted by Crippen LogP contribution is 2.31. The SMILES string of the molecule is CCCN(CC(=O)O)c1cc(C)c(C)cc1[N+](=O)[O-]. The zero-order valence-electron chi connectivity index (χ0n) is 11.3. The van der Waals surface area contributed by atoms with E-state index in [1.807, 2.05) is 13.8 Å². The Morgan fingerprint density at radius 2 is 1.95 bits per heavy atom. The van der Waals surface area contributed by atoms with Crippen molar-refractivity contribution in [2.24, 2.45) is 0 Å². The van der Waals surface area contributed by atoms with Gasteiger partial charge in [0.25, 0.3) is 5.69 Å². The molecule has 0 saturated carbocycles. The van der Waals surface area contributed by atoms with E-state index < -0.39 is 10.9 Å². The molecule has 1 aromatic rings. The predicted molar refractivity (Wildman–Crippen MR) is 72.7 cm³/mol. The fraction of sp³-hybridized carbons (Fsp3) is 0.462. The number of carboxylic acid groups (broad SMARTS) is 1. The van der Waals surface area contributed by atoms with Crippen LogP contribution in [0.5, 0.6) is 0 Å². The first-order valence-corrected chi connectivity index (χ1v) is 6.09. The molecule has 1 aromatic carbocycles. The molecule has 0 heterocycles. The number of nitro benzene ring substituents is 1. The summed E-state index contributed by atoms with van der Waals surface area (Å²) < 4.78 is 0. The van der Waals surface area contributed by atoms with Crippen LogP contribution in [0.25, 0.3) is 0 Å². The third-order valence-electron chi connectivity index (χ3n) is 2.95. The van der Waals surface area contributed by atoms with Crippen molar-refractivity contribution in [3.63, 3.8) is 0 Å². The first kappa shape index (κ1) is 14.9. The second-order valence-corrected chi connectivity index (χ2v) is 4.50. The molecule has 0 aliphatic carbocycles. The van der Waals surface area contributed by atoms with Gasteiger partial charge >= 0.3 is 5.97 Å². The van der Waals surface area contributed by atoms with E-state index in [1.165, 1.54) is 11.0 Å². The average molecular weight is 266 g/mol. The van der Waals surface area contributed by atoms with Crippen LogP contribution in [0.3, 0.4) is 0 Å². The van der Waals surface area contributed by atoms with Gasteiger partial charge in [0.05, 0.1) is 4.92 Å². The van der Waals surface area contributed by atoms with Gasteiger partial charge in [0.2, 0.25) is 0 Å². The minimum atomic E-state index is -0.999. The number of nitro groups is 1. The Bertz CT molecular complexity index is 500. The lowest BCUT2D eigenvalue weighted by atomic mass is 10.1. The lowest BCUT2D eigenvalue weighted by Crippen LogP contribution is -2.31. The minimum absolute atomic E-state index is 0.0437. The van der Waals surface area contributed by atoms with Gasteiger partial charge in [-0.25, -0.2) is 0 Å². The summed E-state index contributed by atoms with van der Waals surface area (Å²) in [5, 5.41) is 20.0. The summed E-state index contributed by atoms with van der Waals surface area (Å²) >= 11 is 0. The minimum Gasteiger partial charge on any atom is -0.480 e. The van der Waals surface area contributed by atoms with E-state index in [9.17, 15) is 14.9 Å². The van der Waals surface area contributed by atoms with E-state index >= 15 is 0 Å². The standard InChI is InChI=1S/C13H18N2O4/c1-4-5-14(8-13(16)17)11-6-9(2)10(3)7-12(11)15(18)19/h6-7H,4-5,8H2,1-3H3,(H,16,17). The molecule has 104 valence electrons. The number of hydrogen-bond acceptors (Lipinski definition) is 4. The zero-order chi connectivity index (χ0) is 14.6. The van der Waals surface area contributed by atoms with Crippen molar-refractivity contribution in [3.8, 4) is 0 Å². The summed E-state index contributed by atoms with van der Waals surface area (Å²) in [6.45, 7) is 5.79. The lowest BCUT2D eigenvalue weighted by Gasteiger charge is -2.22. The fourth-order valence-corrected chi connectivity index (χ4v) is 1.90. The number of benzene rings is 1. The van der Waals surface area contributed by atoms with Gasteiger partial charge in [-0.15, -0.1) is 0 Å². The Labute approximate surface area is 111 Å². The maximum absolute atomic E-state index is 11.1. The Hall–Kier alpha value is -2.11. The molecule has 6 nitrogen and oxygen atoms in total. The normalized spacial score (nSPS) is 10.3. The van der Waals surface area contributed by atoms with Gasteiger partial charge in [-0.3, -0.25) is 14.9 Å². The Kier molecular flexibility index (Phi) is 4.86. The molecule has 19 heavy (non-hydrogen) atoms. The molecule has 6 heteroatoms. The van der Waals surface area contributed by atoms with Gasteiger partial charge in [-0.05, 0) is 37.5 Å². The summed E-state index contributed by atoms with van der Waals surface area (Å²) in [7, 11) is 0. The molecule has 0 radical (unpaired) electrons. The van der Waals surface area contributed by atoms with Crippen molar-refractivity contribution in [1.82, 2.24) is 0 Å². The highest BCUT2D eigenvalue weighted by atomic mass is 16.6. The van der Waals surface area contributed by atoms with Crippen molar-refractivity contribution >= 4 is 17.3 Å². The highest BCUT2D eigenvalue weighted by molar-refractivity contribution is 5.76. The van der Waals surface area contributed by atoms with E-state index in [1.54, 1.807) is 13.0 Å². The number of nitrogens with zero attached hydrogens (tertiary/aromatic N) is 2. The molecule has 1 N–H and O–H groups in total. The number of aryl methyl sites for hydroxylation is 2. The average Bonchev–Trinajstić information content (AvgIpc) is 2.30. The third-order valence-corrected chi connectivity index (χ3v) is 2.95. The zero-order valence-corrected chi connectivity index (χ0v) is 11.3. The molecule has 0 bridgehead atoms. The van der Waals surface area contributed by atoms with E-state index in [0.29, 0.717) is 12.2 Å². The Morgan fingerprint density at radius 3 is 2.42 bits per heavy atom. The second-order valence-electron chi connectivity index (χ2n) is 4.50. The molecular formula is C13H18N2O4. The maximum atomic E-state index is 11.1. The molecule has 0 amide bonds. The smallest absolute Gasteiger partial charge is 0.323 e. The molecule has 0 spiro atoms. The predicted octanol–water partition coefficient (Wildman–Crippen LogP) is 2.51. The number of carbonyl (C=O) groups is 1. The van der Waals surface area contributed by atoms with Crippen molar-refractivity contribution in [2.45, 2.75) is 27.2 Å². The number of aliphatic carboxylic acids is 1. The van der Waals surface area contributed by atoms with Gasteiger partial charge in [0, 0.05) is 12.6 Å². The van der Waals surface area contributed by atoms with Crippen molar-refractivity contribution in [3.05, 3.63) is 33.4 Å². The molecule has 0 fully saturated rings. The molecule has 0 aliphatic heterocycles. The topological polar surface area (TPSA) is 83.7 Å². The summed E-state index contributed by atoms with van der Waals surface area (Å²) in [6, 6.07) is 3.18. The molecule has 1 rings (SSSR count). The summed E-state index contributed by atoms with van der Waals surface area (Å²) in [4.78, 5) is 23.1. The molecule has 0 aliphatic rings. The quantitative estimate of drug-likeness (QED) is 0.631.